The minimum atomic E-state index is -0.201. The maximum atomic E-state index is 12.6. The van der Waals surface area contributed by atoms with Crippen molar-refractivity contribution in [3.8, 4) is 11.1 Å². The van der Waals surface area contributed by atoms with Gasteiger partial charge in [0.05, 0.1) is 52.9 Å². The van der Waals surface area contributed by atoms with Crippen molar-refractivity contribution >= 4 is 11.8 Å². The van der Waals surface area contributed by atoms with E-state index in [0.717, 1.165) is 22.3 Å². The van der Waals surface area contributed by atoms with Gasteiger partial charge in [-0.3, -0.25) is 9.59 Å². The Bertz CT molecular complexity index is 1160. The molecule has 1 aliphatic carbocycles. The standard InChI is InChI=1S/C27H33N8O6/c28-34-32-7-11-40-15-13-38-9-5-30-26(36)20-1-3-24-22(17-20)19-23-18-21(2-4-25(23)24)27(37)31-6-10-39-14-16-41-12-8-33-35-29/h1-4,17-19H,5-16H2,(H,30,36)(H,31,37). The molecule has 0 fully saturated rings. The zero-order valence-corrected chi connectivity index (χ0v) is 22.7. The molecule has 2 amide bonds. The van der Waals surface area contributed by atoms with Crippen molar-refractivity contribution < 1.29 is 28.5 Å². The van der Waals surface area contributed by atoms with Crippen LogP contribution in [0.2, 0.25) is 0 Å². The van der Waals surface area contributed by atoms with Gasteiger partial charge >= 0.3 is 0 Å². The average Bonchev–Trinajstić information content (AvgIpc) is 3.36. The molecule has 2 aromatic carbocycles. The summed E-state index contributed by atoms with van der Waals surface area (Å²) in [6.45, 7) is 4.17. The highest BCUT2D eigenvalue weighted by molar-refractivity contribution is 5.98. The lowest BCUT2D eigenvalue weighted by atomic mass is 10.0. The van der Waals surface area contributed by atoms with Crippen LogP contribution in [0.15, 0.2) is 46.6 Å². The second-order valence-corrected chi connectivity index (χ2v) is 8.62. The van der Waals surface area contributed by atoms with Crippen LogP contribution >= 0.6 is 0 Å². The second-order valence-electron chi connectivity index (χ2n) is 8.62. The normalized spacial score (nSPS) is 11.1. The van der Waals surface area contributed by atoms with E-state index in [1.165, 1.54) is 0 Å². The number of nitrogens with one attached hydrogen (secondary N) is 2. The summed E-state index contributed by atoms with van der Waals surface area (Å²) in [5.41, 5.74) is 21.3. The number of nitrogens with zero attached hydrogens (tertiary/aromatic N) is 6. The fourth-order valence-electron chi connectivity index (χ4n) is 3.93. The van der Waals surface area contributed by atoms with Crippen LogP contribution in [0.25, 0.3) is 32.0 Å². The summed E-state index contributed by atoms with van der Waals surface area (Å²) in [4.78, 5) is 30.5. The highest BCUT2D eigenvalue weighted by Gasteiger charge is 2.21. The Balaban J connectivity index is 1.36. The van der Waals surface area contributed by atoms with Gasteiger partial charge in [-0.15, -0.1) is 0 Å². The molecule has 14 heteroatoms. The summed E-state index contributed by atoms with van der Waals surface area (Å²) in [6.07, 6.45) is 1.97. The largest absolute Gasteiger partial charge is 0.379 e. The summed E-state index contributed by atoms with van der Waals surface area (Å²) < 4.78 is 21.4. The molecule has 0 heterocycles. The van der Waals surface area contributed by atoms with Gasteiger partial charge in [-0.2, -0.15) is 0 Å². The number of carbonyl (C=O) groups is 2. The fourth-order valence-corrected chi connectivity index (χ4v) is 3.93. The van der Waals surface area contributed by atoms with Gasteiger partial charge in [0.1, 0.15) is 0 Å². The Hall–Kier alpha value is -4.16. The number of benzene rings is 2. The fraction of sp³-hybridized carbons (Fsp3) is 0.444. The predicted octanol–water partition coefficient (Wildman–Crippen LogP) is 3.41. The molecule has 0 aliphatic heterocycles. The van der Waals surface area contributed by atoms with E-state index in [0.29, 0.717) is 77.1 Å². The van der Waals surface area contributed by atoms with Crippen LogP contribution in [0.1, 0.15) is 31.8 Å². The van der Waals surface area contributed by atoms with Gasteiger partial charge in [-0.1, -0.05) is 22.4 Å². The lowest BCUT2D eigenvalue weighted by Gasteiger charge is -2.09. The van der Waals surface area contributed by atoms with E-state index in [1.54, 1.807) is 12.1 Å². The molecule has 1 radical (unpaired) electrons. The first-order chi connectivity index (χ1) is 20.1. The van der Waals surface area contributed by atoms with E-state index < -0.39 is 0 Å². The molecule has 1 aliphatic rings. The monoisotopic (exact) mass is 565 g/mol. The molecular weight excluding hydrogens is 532 g/mol. The zero-order chi connectivity index (χ0) is 29.1. The molecule has 0 saturated heterocycles. The summed E-state index contributed by atoms with van der Waals surface area (Å²) >= 11 is 0. The molecular formula is C27H33N8O6. The Labute approximate surface area is 237 Å². The van der Waals surface area contributed by atoms with Crippen molar-refractivity contribution in [2.45, 2.75) is 0 Å². The molecule has 0 aromatic heterocycles. The Morgan fingerprint density at radius 1 is 0.634 bits per heavy atom. The highest BCUT2D eigenvalue weighted by Crippen LogP contribution is 2.38. The number of amides is 2. The maximum Gasteiger partial charge on any atom is 0.251 e. The minimum Gasteiger partial charge on any atom is -0.379 e. The van der Waals surface area contributed by atoms with E-state index in [-0.39, 0.29) is 24.9 Å². The van der Waals surface area contributed by atoms with E-state index in [4.69, 9.17) is 30.0 Å². The number of carbonyl (C=O) groups excluding carboxylic acids is 2. The van der Waals surface area contributed by atoms with E-state index in [2.05, 4.69) is 30.7 Å². The van der Waals surface area contributed by atoms with Gasteiger partial charge in [0.15, 0.2) is 0 Å². The third-order valence-electron chi connectivity index (χ3n) is 5.83. The number of ether oxygens (including phenoxy) is 4. The topological polar surface area (TPSA) is 193 Å². The first-order valence-electron chi connectivity index (χ1n) is 13.2. The lowest BCUT2D eigenvalue weighted by Crippen LogP contribution is -2.27. The Morgan fingerprint density at radius 3 is 1.46 bits per heavy atom. The smallest absolute Gasteiger partial charge is 0.251 e. The number of rotatable bonds is 20. The van der Waals surface area contributed by atoms with Gasteiger partial charge in [0, 0.05) is 53.6 Å². The van der Waals surface area contributed by atoms with Crippen LogP contribution in [0.3, 0.4) is 0 Å². The third kappa shape index (κ3) is 10.7. The molecule has 2 N–H and O–H groups in total. The lowest BCUT2D eigenvalue weighted by molar-refractivity contribution is 0.0511. The van der Waals surface area contributed by atoms with Gasteiger partial charge in [0.25, 0.3) is 11.8 Å². The van der Waals surface area contributed by atoms with E-state index in [1.807, 2.05) is 30.7 Å². The van der Waals surface area contributed by atoms with Crippen molar-refractivity contribution in [2.24, 2.45) is 10.2 Å². The molecule has 0 saturated carbocycles. The summed E-state index contributed by atoms with van der Waals surface area (Å²) in [6, 6.07) is 11.0. The van der Waals surface area contributed by atoms with Crippen LogP contribution in [0.5, 0.6) is 0 Å². The Kier molecular flexibility index (Phi) is 14.0. The van der Waals surface area contributed by atoms with Crippen LogP contribution in [-0.2, 0) is 18.9 Å². The van der Waals surface area contributed by atoms with Crippen molar-refractivity contribution in [3.05, 3.63) is 86.0 Å². The number of hydrogen-bond acceptors (Lipinski definition) is 8. The number of hydrogen-bond donors (Lipinski definition) is 2. The SMILES string of the molecule is [N-]=[N+]=NCCOCCOCCNC(=O)c1ccc2c(c1)[CH]c1cc(C(=O)NCCOCCOCCN=[N+]=[N-])ccc1-2. The van der Waals surface area contributed by atoms with Crippen molar-refractivity contribution in [1.29, 1.82) is 0 Å². The van der Waals surface area contributed by atoms with Crippen molar-refractivity contribution in [3.63, 3.8) is 0 Å². The van der Waals surface area contributed by atoms with E-state index >= 15 is 0 Å². The zero-order valence-electron chi connectivity index (χ0n) is 22.7. The van der Waals surface area contributed by atoms with Gasteiger partial charge in [0.2, 0.25) is 0 Å². The molecule has 0 unspecified atom stereocenters. The van der Waals surface area contributed by atoms with Crippen molar-refractivity contribution in [1.82, 2.24) is 10.6 Å². The molecule has 217 valence electrons. The minimum absolute atomic E-state index is 0.201. The summed E-state index contributed by atoms with van der Waals surface area (Å²) in [7, 11) is 0. The highest BCUT2D eigenvalue weighted by atomic mass is 16.5. The summed E-state index contributed by atoms with van der Waals surface area (Å²) in [5, 5.41) is 12.4. The molecule has 2 aromatic rings. The molecule has 14 nitrogen and oxygen atoms in total. The van der Waals surface area contributed by atoms with Crippen LogP contribution in [-0.4, -0.2) is 90.8 Å². The molecule has 0 atom stereocenters. The number of fused-ring (bicyclic) bond motifs is 3. The number of azide groups is 2. The van der Waals surface area contributed by atoms with Crippen molar-refractivity contribution in [2.75, 3.05) is 79.0 Å². The van der Waals surface area contributed by atoms with Gasteiger partial charge < -0.3 is 29.6 Å². The van der Waals surface area contributed by atoms with Gasteiger partial charge in [-0.05, 0) is 57.6 Å². The molecule has 0 spiro atoms. The van der Waals surface area contributed by atoms with Crippen LogP contribution < -0.4 is 10.6 Å². The predicted molar refractivity (Wildman–Crippen MR) is 150 cm³/mol. The first-order valence-corrected chi connectivity index (χ1v) is 13.2. The average molecular weight is 566 g/mol. The second kappa shape index (κ2) is 18.2. The molecule has 41 heavy (non-hydrogen) atoms. The van der Waals surface area contributed by atoms with Crippen LogP contribution in [0, 0.1) is 6.42 Å². The van der Waals surface area contributed by atoms with E-state index in [9.17, 15) is 9.59 Å². The maximum absolute atomic E-state index is 12.6. The molecule has 0 bridgehead atoms. The van der Waals surface area contributed by atoms with Gasteiger partial charge in [-0.25, -0.2) is 0 Å². The summed E-state index contributed by atoms with van der Waals surface area (Å²) in [5.74, 6) is -0.401. The quantitative estimate of drug-likeness (QED) is 0.0912. The molecule has 3 rings (SSSR count). The first kappa shape index (κ1) is 31.4. The van der Waals surface area contributed by atoms with Crippen LogP contribution in [0.4, 0.5) is 0 Å². The Morgan fingerprint density at radius 2 is 1.05 bits per heavy atom. The third-order valence-corrected chi connectivity index (χ3v) is 5.83.